The zero-order chi connectivity index (χ0) is 22.1. The number of hydrogen-bond acceptors (Lipinski definition) is 7. The van der Waals surface area contributed by atoms with E-state index in [9.17, 15) is 29.0 Å². The van der Waals surface area contributed by atoms with Crippen LogP contribution in [0.5, 0.6) is 0 Å². The van der Waals surface area contributed by atoms with Gasteiger partial charge < -0.3 is 19.7 Å². The molecule has 0 unspecified atom stereocenters. The van der Waals surface area contributed by atoms with Crippen LogP contribution in [0, 0.1) is 11.7 Å². The molecule has 2 amide bonds. The molecule has 2 heterocycles. The van der Waals surface area contributed by atoms with Gasteiger partial charge in [0, 0.05) is 29.9 Å². The number of carbonyl (C=O) groups is 3. The number of imide groups is 1. The molecule has 0 bridgehead atoms. The van der Waals surface area contributed by atoms with Gasteiger partial charge in [-0.15, -0.1) is 0 Å². The lowest BCUT2D eigenvalue weighted by atomic mass is 9.74. The number of amidine groups is 1. The van der Waals surface area contributed by atoms with Crippen LogP contribution in [0.25, 0.3) is 0 Å². The third kappa shape index (κ3) is 4.05. The Morgan fingerprint density at radius 3 is 2.67 bits per heavy atom. The molecule has 2 N–H and O–H groups in total. The second kappa shape index (κ2) is 8.70. The lowest BCUT2D eigenvalue weighted by Gasteiger charge is -2.47. The van der Waals surface area contributed by atoms with Crippen molar-refractivity contribution in [2.24, 2.45) is 10.9 Å². The summed E-state index contributed by atoms with van der Waals surface area (Å²) in [5, 5.41) is 18.3. The summed E-state index contributed by atoms with van der Waals surface area (Å²) >= 11 is 0.972. The van der Waals surface area contributed by atoms with Crippen LogP contribution < -0.4 is 0 Å². The SMILES string of the molecule is COC[C@H]1C[C@H]2CSC(N(C(=O)O)C(=O)O)=N[C@@]2(c2cc(C(C)=O)ccc2F)CO1. The van der Waals surface area contributed by atoms with Gasteiger partial charge in [-0.1, -0.05) is 11.8 Å². The molecule has 11 heteroatoms. The van der Waals surface area contributed by atoms with Crippen molar-refractivity contribution in [3.63, 3.8) is 0 Å². The van der Waals surface area contributed by atoms with E-state index in [1.165, 1.54) is 26.2 Å². The minimum absolute atomic E-state index is 0.0737. The second-order valence-corrected chi connectivity index (χ2v) is 8.09. The molecule has 9 nitrogen and oxygen atoms in total. The molecule has 0 aliphatic carbocycles. The molecule has 0 radical (unpaired) electrons. The van der Waals surface area contributed by atoms with E-state index in [1.807, 2.05) is 0 Å². The van der Waals surface area contributed by atoms with Crippen molar-refractivity contribution >= 4 is 34.9 Å². The molecule has 2 aliphatic rings. The Morgan fingerprint density at radius 1 is 1.37 bits per heavy atom. The number of amides is 2. The van der Waals surface area contributed by atoms with Crippen molar-refractivity contribution in [3.8, 4) is 0 Å². The Kier molecular flexibility index (Phi) is 6.44. The van der Waals surface area contributed by atoms with E-state index in [0.717, 1.165) is 17.8 Å². The highest BCUT2D eigenvalue weighted by molar-refractivity contribution is 8.13. The number of methoxy groups -OCH3 is 1. The fraction of sp³-hybridized carbons (Fsp3) is 0.474. The van der Waals surface area contributed by atoms with Gasteiger partial charge in [0.05, 0.1) is 19.3 Å². The average Bonchev–Trinajstić information content (AvgIpc) is 2.68. The topological polar surface area (TPSA) is 126 Å². The first kappa shape index (κ1) is 22.2. The maximum atomic E-state index is 15.0. The van der Waals surface area contributed by atoms with Gasteiger partial charge in [0.15, 0.2) is 11.0 Å². The molecule has 2 aliphatic heterocycles. The number of ether oxygens (including phenoxy) is 2. The molecule has 1 fully saturated rings. The molecule has 0 saturated carbocycles. The first-order valence-corrected chi connectivity index (χ1v) is 10.1. The number of hydrogen-bond donors (Lipinski definition) is 2. The summed E-state index contributed by atoms with van der Waals surface area (Å²) in [6, 6.07) is 3.89. The van der Waals surface area contributed by atoms with Crippen molar-refractivity contribution in [3.05, 3.63) is 35.1 Å². The van der Waals surface area contributed by atoms with Gasteiger partial charge in [-0.3, -0.25) is 4.79 Å². The van der Waals surface area contributed by atoms with Gasteiger partial charge >= 0.3 is 12.2 Å². The molecule has 1 aromatic carbocycles. The third-order valence-electron chi connectivity index (χ3n) is 5.24. The number of carboxylic acid groups (broad SMARTS) is 2. The summed E-state index contributed by atoms with van der Waals surface area (Å²) in [5.41, 5.74) is -1.03. The van der Waals surface area contributed by atoms with Crippen molar-refractivity contribution < 1.29 is 38.5 Å². The minimum atomic E-state index is -1.71. The Labute approximate surface area is 175 Å². The zero-order valence-electron chi connectivity index (χ0n) is 16.3. The van der Waals surface area contributed by atoms with Gasteiger partial charge in [0.2, 0.25) is 0 Å². The van der Waals surface area contributed by atoms with Gasteiger partial charge in [-0.05, 0) is 31.5 Å². The quantitative estimate of drug-likeness (QED) is 0.685. The summed E-state index contributed by atoms with van der Waals surface area (Å²) < 4.78 is 25.9. The normalized spacial score (nSPS) is 25.8. The number of nitrogens with zero attached hydrogens (tertiary/aromatic N) is 2. The van der Waals surface area contributed by atoms with Crippen molar-refractivity contribution in [2.45, 2.75) is 25.0 Å². The minimum Gasteiger partial charge on any atom is -0.464 e. The van der Waals surface area contributed by atoms with Crippen LogP contribution in [0.15, 0.2) is 23.2 Å². The summed E-state index contributed by atoms with van der Waals surface area (Å²) in [6.45, 7) is 1.56. The summed E-state index contributed by atoms with van der Waals surface area (Å²) in [5.74, 6) is -0.902. The first-order chi connectivity index (χ1) is 14.2. The number of fused-ring (bicyclic) bond motifs is 1. The maximum Gasteiger partial charge on any atom is 0.423 e. The smallest absolute Gasteiger partial charge is 0.423 e. The predicted octanol–water partition coefficient (Wildman–Crippen LogP) is 3.04. The number of halogens is 1. The Bertz CT molecular complexity index is 895. The summed E-state index contributed by atoms with van der Waals surface area (Å²) in [6.07, 6.45) is -3.25. The van der Waals surface area contributed by atoms with Crippen LogP contribution in [-0.2, 0) is 15.0 Å². The Morgan fingerprint density at radius 2 is 2.07 bits per heavy atom. The fourth-order valence-electron chi connectivity index (χ4n) is 3.75. The largest absolute Gasteiger partial charge is 0.464 e. The molecule has 0 spiro atoms. The van der Waals surface area contributed by atoms with E-state index >= 15 is 0 Å². The van der Waals surface area contributed by atoms with Gasteiger partial charge in [-0.2, -0.15) is 4.90 Å². The van der Waals surface area contributed by atoms with E-state index in [-0.39, 0.29) is 45.6 Å². The van der Waals surface area contributed by atoms with E-state index in [4.69, 9.17) is 9.47 Å². The predicted molar refractivity (Wildman–Crippen MR) is 106 cm³/mol. The number of Topliss-reactive ketones (excluding diaryl/α,β-unsaturated/α-hetero) is 1. The van der Waals surface area contributed by atoms with Crippen LogP contribution in [-0.4, -0.2) is 70.4 Å². The number of thioether (sulfide) groups is 1. The molecular formula is C19H21FN2O7S. The molecule has 3 rings (SSSR count). The van der Waals surface area contributed by atoms with Gasteiger partial charge in [0.1, 0.15) is 11.4 Å². The van der Waals surface area contributed by atoms with Crippen molar-refractivity contribution in [1.82, 2.24) is 4.90 Å². The van der Waals surface area contributed by atoms with Crippen LogP contribution in [0.4, 0.5) is 14.0 Å². The molecule has 1 saturated heterocycles. The van der Waals surface area contributed by atoms with Crippen LogP contribution in [0.2, 0.25) is 0 Å². The number of ketones is 1. The van der Waals surface area contributed by atoms with Crippen molar-refractivity contribution in [2.75, 3.05) is 26.1 Å². The molecule has 3 atom stereocenters. The highest BCUT2D eigenvalue weighted by Gasteiger charge is 2.51. The summed E-state index contributed by atoms with van der Waals surface area (Å²) in [4.78, 5) is 39.3. The monoisotopic (exact) mass is 440 g/mol. The second-order valence-electron chi connectivity index (χ2n) is 7.10. The van der Waals surface area contributed by atoms with Crippen LogP contribution in [0.3, 0.4) is 0 Å². The molecular weight excluding hydrogens is 419 g/mol. The number of carbonyl (C=O) groups excluding carboxylic acids is 1. The van der Waals surface area contributed by atoms with Crippen LogP contribution in [0.1, 0.15) is 29.3 Å². The lowest BCUT2D eigenvalue weighted by molar-refractivity contribution is -0.0839. The molecule has 1 aromatic rings. The molecule has 30 heavy (non-hydrogen) atoms. The van der Waals surface area contributed by atoms with Crippen molar-refractivity contribution in [1.29, 1.82) is 0 Å². The average molecular weight is 440 g/mol. The van der Waals surface area contributed by atoms with E-state index in [1.54, 1.807) is 0 Å². The zero-order valence-corrected chi connectivity index (χ0v) is 17.1. The lowest BCUT2D eigenvalue weighted by Crippen LogP contribution is -2.53. The number of benzene rings is 1. The first-order valence-electron chi connectivity index (χ1n) is 9.09. The van der Waals surface area contributed by atoms with E-state index in [0.29, 0.717) is 18.8 Å². The maximum absolute atomic E-state index is 15.0. The third-order valence-corrected chi connectivity index (χ3v) is 6.34. The number of aliphatic imine (C=N–C) groups is 1. The highest BCUT2D eigenvalue weighted by atomic mass is 32.2. The molecule has 0 aromatic heterocycles. The van der Waals surface area contributed by atoms with Gasteiger partial charge in [0.25, 0.3) is 0 Å². The van der Waals surface area contributed by atoms with Gasteiger partial charge in [-0.25, -0.2) is 19.0 Å². The summed E-state index contributed by atoms with van der Waals surface area (Å²) in [7, 11) is 1.53. The highest BCUT2D eigenvalue weighted by Crippen LogP contribution is 2.47. The van der Waals surface area contributed by atoms with E-state index < -0.39 is 23.5 Å². The molecule has 162 valence electrons. The van der Waals surface area contributed by atoms with E-state index in [2.05, 4.69) is 4.99 Å². The standard InChI is InChI=1S/C19H21FN2O7S/c1-10(23)11-3-4-15(20)14(5-11)19-9-29-13(7-28-2)6-12(19)8-30-16(21-19)22(17(24)25)18(26)27/h3-5,12-13H,6-9H2,1-2H3,(H,24,25)(H,26,27)/t12-,13+,19-/m0/s1. The Hall–Kier alpha value is -2.50. The van der Waals surface area contributed by atoms with Crippen LogP contribution >= 0.6 is 11.8 Å². The number of rotatable bonds is 4. The Balaban J connectivity index is 2.16. The fourth-order valence-corrected chi connectivity index (χ4v) is 5.02.